The van der Waals surface area contributed by atoms with Crippen molar-refractivity contribution in [3.05, 3.63) is 41.3 Å². The Labute approximate surface area is 191 Å². The van der Waals surface area contributed by atoms with Crippen LogP contribution in [0.5, 0.6) is 0 Å². The first-order chi connectivity index (χ1) is 14.8. The van der Waals surface area contributed by atoms with E-state index in [2.05, 4.69) is 18.7 Å². The van der Waals surface area contributed by atoms with Gasteiger partial charge in [0.1, 0.15) is 0 Å². The van der Waals surface area contributed by atoms with Crippen molar-refractivity contribution < 1.29 is 9.59 Å². The number of benzene rings is 1. The second-order valence-electron chi connectivity index (χ2n) is 9.24. The summed E-state index contributed by atoms with van der Waals surface area (Å²) in [5.74, 6) is 0.708. The molecule has 0 saturated carbocycles. The second-order valence-corrected chi connectivity index (χ2v) is 9.67. The largest absolute Gasteiger partial charge is 0.351 e. The van der Waals surface area contributed by atoms with Gasteiger partial charge in [-0.1, -0.05) is 37.6 Å². The lowest BCUT2D eigenvalue weighted by Crippen LogP contribution is -2.54. The highest BCUT2D eigenvalue weighted by Crippen LogP contribution is 2.26. The van der Waals surface area contributed by atoms with Gasteiger partial charge in [-0.2, -0.15) is 0 Å². The first kappa shape index (κ1) is 23.9. The van der Waals surface area contributed by atoms with Crippen molar-refractivity contribution in [2.24, 2.45) is 11.7 Å². The molecule has 3 rings (SSSR count). The zero-order valence-electron chi connectivity index (χ0n) is 18.8. The van der Waals surface area contributed by atoms with Crippen LogP contribution in [0.15, 0.2) is 24.3 Å². The Morgan fingerprint density at radius 2 is 1.55 bits per heavy atom. The molecule has 0 bridgehead atoms. The fourth-order valence-electron chi connectivity index (χ4n) is 4.81. The summed E-state index contributed by atoms with van der Waals surface area (Å²) in [5, 5.41) is 0.711. The number of primary amides is 1. The summed E-state index contributed by atoms with van der Waals surface area (Å²) in [4.78, 5) is 30.5. The van der Waals surface area contributed by atoms with Gasteiger partial charge in [-0.25, -0.2) is 4.79 Å². The average molecular weight is 448 g/mol. The summed E-state index contributed by atoms with van der Waals surface area (Å²) < 4.78 is 0. The Morgan fingerprint density at radius 1 is 1.03 bits per heavy atom. The summed E-state index contributed by atoms with van der Waals surface area (Å²) >= 11 is 5.93. The summed E-state index contributed by atoms with van der Waals surface area (Å²) in [6, 6.07) is 8.32. The van der Waals surface area contributed by atoms with Gasteiger partial charge in [-0.3, -0.25) is 9.69 Å². The number of nitrogens with two attached hydrogens (primary N) is 1. The number of nitrogens with zero attached hydrogens (tertiary/aromatic N) is 3. The minimum Gasteiger partial charge on any atom is -0.351 e. The van der Waals surface area contributed by atoms with E-state index in [1.54, 1.807) is 11.3 Å². The van der Waals surface area contributed by atoms with E-state index >= 15 is 0 Å². The zero-order valence-corrected chi connectivity index (χ0v) is 19.6. The van der Waals surface area contributed by atoms with Gasteiger partial charge in [-0.15, -0.1) is 0 Å². The molecule has 2 fully saturated rings. The third-order valence-corrected chi connectivity index (χ3v) is 6.74. The minimum atomic E-state index is -0.310. The Kier molecular flexibility index (Phi) is 8.61. The number of carbonyl (C=O) groups is 2. The van der Waals surface area contributed by atoms with E-state index in [4.69, 9.17) is 17.3 Å². The third-order valence-electron chi connectivity index (χ3n) is 6.49. The predicted molar refractivity (Wildman–Crippen MR) is 125 cm³/mol. The molecule has 0 spiro atoms. The highest BCUT2D eigenvalue weighted by Gasteiger charge is 2.33. The quantitative estimate of drug-likeness (QED) is 0.694. The molecule has 7 heteroatoms. The molecule has 1 radical (unpaired) electrons. The standard InChI is InChI=1S/C24H36ClN4O2/c1-18(2)17-29(22-11-15-28(16-12-22)24(26)31)21-9-13-27(14-10-21)23(30)8-5-19-3-6-20(25)7-4-19/h3-4,6-8,18,21-22H,5,9-17H2,1-2H3,(H2,26,31). The number of urea groups is 1. The van der Waals surface area contributed by atoms with Crippen LogP contribution in [-0.2, 0) is 11.2 Å². The van der Waals surface area contributed by atoms with Crippen molar-refractivity contribution in [2.45, 2.75) is 58.0 Å². The lowest BCUT2D eigenvalue weighted by atomic mass is 9.95. The van der Waals surface area contributed by atoms with Gasteiger partial charge in [0.2, 0.25) is 5.91 Å². The fraction of sp³-hybridized carbons (Fsp3) is 0.625. The number of amides is 3. The van der Waals surface area contributed by atoms with E-state index in [0.29, 0.717) is 29.4 Å². The molecule has 2 heterocycles. The van der Waals surface area contributed by atoms with Crippen molar-refractivity contribution in [1.82, 2.24) is 14.7 Å². The third kappa shape index (κ3) is 6.84. The maximum Gasteiger partial charge on any atom is 0.314 e. The van der Waals surface area contributed by atoms with Gasteiger partial charge in [0.15, 0.2) is 0 Å². The molecule has 0 unspecified atom stereocenters. The van der Waals surface area contributed by atoms with Crippen molar-refractivity contribution >= 4 is 23.5 Å². The maximum absolute atomic E-state index is 12.7. The second kappa shape index (κ2) is 11.2. The molecule has 2 aliphatic rings. The van der Waals surface area contributed by atoms with Crippen LogP contribution in [0.25, 0.3) is 0 Å². The lowest BCUT2D eigenvalue weighted by molar-refractivity contribution is -0.129. The van der Waals surface area contributed by atoms with Gasteiger partial charge in [0.05, 0.1) is 6.42 Å². The molecule has 0 aliphatic carbocycles. The lowest BCUT2D eigenvalue weighted by Gasteiger charge is -2.45. The van der Waals surface area contributed by atoms with Gasteiger partial charge < -0.3 is 15.5 Å². The molecule has 0 atom stereocenters. The van der Waals surface area contributed by atoms with Gasteiger partial charge >= 0.3 is 6.03 Å². The molecular formula is C24H36ClN4O2. The van der Waals surface area contributed by atoms with Crippen molar-refractivity contribution in [3.8, 4) is 0 Å². The monoisotopic (exact) mass is 447 g/mol. The van der Waals surface area contributed by atoms with Gasteiger partial charge in [-0.05, 0) is 55.7 Å². The molecule has 1 aromatic rings. The Morgan fingerprint density at radius 3 is 2.03 bits per heavy atom. The average Bonchev–Trinajstić information content (AvgIpc) is 2.77. The van der Waals surface area contributed by atoms with Crippen LogP contribution in [-0.4, -0.2) is 71.4 Å². The first-order valence-corrected chi connectivity index (χ1v) is 11.9. The van der Waals surface area contributed by atoms with E-state index in [1.807, 2.05) is 29.2 Å². The molecule has 6 nitrogen and oxygen atoms in total. The summed E-state index contributed by atoms with van der Waals surface area (Å²) in [6.45, 7) is 8.66. The van der Waals surface area contributed by atoms with Gasteiger partial charge in [0.25, 0.3) is 0 Å². The zero-order chi connectivity index (χ0) is 22.4. The number of carbonyl (C=O) groups excluding carboxylic acids is 2. The molecule has 3 amide bonds. The van der Waals surface area contributed by atoms with Crippen molar-refractivity contribution in [1.29, 1.82) is 0 Å². The predicted octanol–water partition coefficient (Wildman–Crippen LogP) is 3.58. The minimum absolute atomic E-state index is 0.124. The van der Waals surface area contributed by atoms with E-state index in [9.17, 15) is 9.59 Å². The van der Waals surface area contributed by atoms with E-state index in [-0.39, 0.29) is 11.9 Å². The number of likely N-dealkylation sites (tertiary alicyclic amines) is 2. The Hall–Kier alpha value is -1.79. The van der Waals surface area contributed by atoms with Crippen LogP contribution >= 0.6 is 11.6 Å². The smallest absolute Gasteiger partial charge is 0.314 e. The molecule has 31 heavy (non-hydrogen) atoms. The number of rotatable bonds is 7. The van der Waals surface area contributed by atoms with Crippen LogP contribution in [0.1, 0.15) is 45.1 Å². The van der Waals surface area contributed by atoms with Crippen LogP contribution < -0.4 is 5.73 Å². The van der Waals surface area contributed by atoms with Crippen molar-refractivity contribution in [2.75, 3.05) is 32.7 Å². The van der Waals surface area contributed by atoms with E-state index < -0.39 is 0 Å². The molecule has 2 saturated heterocycles. The topological polar surface area (TPSA) is 69.9 Å². The first-order valence-electron chi connectivity index (χ1n) is 11.5. The fourth-order valence-corrected chi connectivity index (χ4v) is 4.93. The number of hydrogen-bond donors (Lipinski definition) is 1. The SMILES string of the molecule is CC(C)CN(C1CCN(C(N)=O)CC1)C1CCN(C(=O)[CH]Cc2ccc(Cl)cc2)CC1. The van der Waals surface area contributed by atoms with Crippen LogP contribution in [0.3, 0.4) is 0 Å². The maximum atomic E-state index is 12.7. The summed E-state index contributed by atoms with van der Waals surface area (Å²) in [6.07, 6.45) is 6.38. The normalized spacial score (nSPS) is 18.7. The van der Waals surface area contributed by atoms with E-state index in [0.717, 1.165) is 64.0 Å². The number of hydrogen-bond acceptors (Lipinski definition) is 3. The Bertz CT molecular complexity index is 724. The van der Waals surface area contributed by atoms with Crippen LogP contribution in [0.4, 0.5) is 4.79 Å². The molecule has 0 aromatic heterocycles. The van der Waals surface area contributed by atoms with Crippen LogP contribution in [0, 0.1) is 12.3 Å². The van der Waals surface area contributed by atoms with Gasteiger partial charge in [0, 0.05) is 49.8 Å². The number of piperidine rings is 2. The summed E-state index contributed by atoms with van der Waals surface area (Å²) in [5.41, 5.74) is 6.55. The van der Waals surface area contributed by atoms with E-state index in [1.165, 1.54) is 0 Å². The number of halogens is 1. The van der Waals surface area contributed by atoms with Crippen molar-refractivity contribution in [3.63, 3.8) is 0 Å². The highest BCUT2D eigenvalue weighted by molar-refractivity contribution is 6.30. The van der Waals surface area contributed by atoms with Crippen LogP contribution in [0.2, 0.25) is 5.02 Å². The highest BCUT2D eigenvalue weighted by atomic mass is 35.5. The molecule has 2 N–H and O–H groups in total. The summed E-state index contributed by atoms with van der Waals surface area (Å²) in [7, 11) is 0. The molecular weight excluding hydrogens is 412 g/mol. The molecule has 171 valence electrons. The molecule has 1 aromatic carbocycles. The molecule has 2 aliphatic heterocycles. The Balaban J connectivity index is 1.50.